The number of alkyl halides is 2. The first-order chi connectivity index (χ1) is 9.61. The van der Waals surface area contributed by atoms with Crippen LogP contribution in [0.4, 0.5) is 0 Å². The van der Waals surface area contributed by atoms with Gasteiger partial charge in [0.05, 0.1) is 0 Å². The topological polar surface area (TPSA) is 0 Å². The van der Waals surface area contributed by atoms with Gasteiger partial charge in [0.25, 0.3) is 0 Å². The Kier molecular flexibility index (Phi) is 5.97. The Morgan fingerprint density at radius 2 is 1.45 bits per heavy atom. The molecular weight excluding hydrogens is 423 g/mol. The van der Waals surface area contributed by atoms with Gasteiger partial charge in [-0.15, -0.1) is 23.2 Å². The fourth-order valence-corrected chi connectivity index (χ4v) is 3.99. The zero-order valence-corrected chi connectivity index (χ0v) is 15.4. The monoisotopic (exact) mass is 434 g/mol. The zero-order chi connectivity index (χ0) is 14.6. The highest BCUT2D eigenvalue weighted by Crippen LogP contribution is 2.36. The molecule has 0 aliphatic carbocycles. The zero-order valence-electron chi connectivity index (χ0n) is 10.8. The summed E-state index contributed by atoms with van der Waals surface area (Å²) >= 11 is 19.7. The van der Waals surface area contributed by atoms with Crippen molar-refractivity contribution < 1.29 is 0 Å². The molecule has 0 saturated carbocycles. The minimum absolute atomic E-state index is 0.267. The summed E-state index contributed by atoms with van der Waals surface area (Å²) in [5.74, 6) is 0.963. The molecule has 2 aromatic carbocycles. The van der Waals surface area contributed by atoms with Crippen molar-refractivity contribution in [2.45, 2.75) is 11.8 Å². The van der Waals surface area contributed by atoms with Gasteiger partial charge in [-0.05, 0) is 35.7 Å². The summed E-state index contributed by atoms with van der Waals surface area (Å²) in [7, 11) is 0. The van der Waals surface area contributed by atoms with Gasteiger partial charge in [0.2, 0.25) is 0 Å². The maximum absolute atomic E-state index is 6.30. The predicted octanol–water partition coefficient (Wildman–Crippen LogP) is 6.17. The van der Waals surface area contributed by atoms with Gasteiger partial charge in [-0.25, -0.2) is 0 Å². The van der Waals surface area contributed by atoms with Gasteiger partial charge in [-0.1, -0.05) is 62.2 Å². The summed E-state index contributed by atoms with van der Waals surface area (Å²) in [6.07, 6.45) is 0.815. The van der Waals surface area contributed by atoms with Crippen LogP contribution in [0.2, 0.25) is 0 Å². The van der Waals surface area contributed by atoms with Crippen LogP contribution < -0.4 is 0 Å². The molecule has 0 aromatic heterocycles. The molecule has 2 aromatic rings. The van der Waals surface area contributed by atoms with Crippen molar-refractivity contribution in [3.8, 4) is 0 Å². The maximum Gasteiger partial charge on any atom is 0.0335 e. The smallest absolute Gasteiger partial charge is 0.0335 e. The van der Waals surface area contributed by atoms with Crippen LogP contribution in [0.15, 0.2) is 57.5 Å². The average Bonchev–Trinajstić information content (AvgIpc) is 2.48. The summed E-state index contributed by atoms with van der Waals surface area (Å²) in [4.78, 5) is 0. The standard InChI is InChI=1S/C16H14Br2Cl2/c17-13-7-5-12(6-8-13)9-16(10-19,11-20)14-3-1-2-4-15(14)18/h1-8H,9-11H2. The van der Waals surface area contributed by atoms with Gasteiger partial charge in [0, 0.05) is 26.1 Å². The van der Waals surface area contributed by atoms with Crippen LogP contribution in [0.5, 0.6) is 0 Å². The van der Waals surface area contributed by atoms with E-state index >= 15 is 0 Å². The lowest BCUT2D eigenvalue weighted by Gasteiger charge is -2.31. The number of hydrogen-bond donors (Lipinski definition) is 0. The second-order valence-electron chi connectivity index (χ2n) is 4.83. The van der Waals surface area contributed by atoms with Crippen LogP contribution in [0, 0.1) is 0 Å². The third kappa shape index (κ3) is 3.59. The van der Waals surface area contributed by atoms with Crippen LogP contribution >= 0.6 is 55.1 Å². The number of hydrogen-bond acceptors (Lipinski definition) is 0. The molecule has 2 rings (SSSR count). The fourth-order valence-electron chi connectivity index (χ4n) is 2.25. The Morgan fingerprint density at radius 3 is 2.00 bits per heavy atom. The van der Waals surface area contributed by atoms with Crippen molar-refractivity contribution in [2.24, 2.45) is 0 Å². The molecule has 0 aliphatic heterocycles. The van der Waals surface area contributed by atoms with Crippen molar-refractivity contribution >= 4 is 55.1 Å². The van der Waals surface area contributed by atoms with Crippen LogP contribution in [-0.4, -0.2) is 11.8 Å². The van der Waals surface area contributed by atoms with E-state index in [-0.39, 0.29) is 5.41 Å². The van der Waals surface area contributed by atoms with Gasteiger partial charge >= 0.3 is 0 Å². The minimum atomic E-state index is -0.267. The third-order valence-electron chi connectivity index (χ3n) is 3.41. The molecule has 0 amide bonds. The average molecular weight is 437 g/mol. The molecule has 0 radical (unpaired) electrons. The van der Waals surface area contributed by atoms with Crippen molar-refractivity contribution in [1.29, 1.82) is 0 Å². The molecule has 0 saturated heterocycles. The predicted molar refractivity (Wildman–Crippen MR) is 95.1 cm³/mol. The molecule has 0 nitrogen and oxygen atoms in total. The van der Waals surface area contributed by atoms with E-state index < -0.39 is 0 Å². The molecule has 20 heavy (non-hydrogen) atoms. The Morgan fingerprint density at radius 1 is 0.850 bits per heavy atom. The van der Waals surface area contributed by atoms with Crippen molar-refractivity contribution in [2.75, 3.05) is 11.8 Å². The Hall–Kier alpha value is -0.0200. The molecule has 0 unspecified atom stereocenters. The maximum atomic E-state index is 6.30. The Bertz CT molecular complexity index is 563. The molecule has 0 spiro atoms. The first-order valence-corrected chi connectivity index (χ1v) is 8.88. The first-order valence-electron chi connectivity index (χ1n) is 6.23. The van der Waals surface area contributed by atoms with Gasteiger partial charge in [-0.2, -0.15) is 0 Å². The largest absolute Gasteiger partial charge is 0.126 e. The van der Waals surface area contributed by atoms with Crippen LogP contribution in [0.1, 0.15) is 11.1 Å². The quantitative estimate of drug-likeness (QED) is 0.491. The van der Waals surface area contributed by atoms with Crippen molar-refractivity contribution in [1.82, 2.24) is 0 Å². The second kappa shape index (κ2) is 7.31. The summed E-state index contributed by atoms with van der Waals surface area (Å²) in [6, 6.07) is 16.4. The van der Waals surface area contributed by atoms with E-state index in [1.807, 2.05) is 30.3 Å². The molecule has 4 heteroatoms. The van der Waals surface area contributed by atoms with E-state index in [4.69, 9.17) is 23.2 Å². The normalized spacial score (nSPS) is 11.6. The van der Waals surface area contributed by atoms with E-state index in [1.54, 1.807) is 0 Å². The van der Waals surface area contributed by atoms with E-state index in [9.17, 15) is 0 Å². The lowest BCUT2D eigenvalue weighted by molar-refractivity contribution is 0.534. The van der Waals surface area contributed by atoms with Gasteiger partial charge in [-0.3, -0.25) is 0 Å². The number of benzene rings is 2. The highest BCUT2D eigenvalue weighted by Gasteiger charge is 2.32. The van der Waals surface area contributed by atoms with Crippen LogP contribution in [0.25, 0.3) is 0 Å². The molecule has 0 aliphatic rings. The molecule has 0 heterocycles. The van der Waals surface area contributed by atoms with E-state index in [0.29, 0.717) is 11.8 Å². The van der Waals surface area contributed by atoms with Crippen LogP contribution in [0.3, 0.4) is 0 Å². The number of halogens is 4. The summed E-state index contributed by atoms with van der Waals surface area (Å²) in [6.45, 7) is 0. The summed E-state index contributed by atoms with van der Waals surface area (Å²) in [5.41, 5.74) is 2.12. The second-order valence-corrected chi connectivity index (χ2v) is 7.14. The van der Waals surface area contributed by atoms with Gasteiger partial charge in [0.15, 0.2) is 0 Å². The molecule has 106 valence electrons. The summed E-state index contributed by atoms with van der Waals surface area (Å²) in [5, 5.41) is 0. The van der Waals surface area contributed by atoms with Crippen molar-refractivity contribution in [3.05, 3.63) is 68.6 Å². The highest BCUT2D eigenvalue weighted by atomic mass is 79.9. The SMILES string of the molecule is ClCC(CCl)(Cc1ccc(Br)cc1)c1ccccc1Br. The summed E-state index contributed by atoms with van der Waals surface area (Å²) < 4.78 is 2.13. The lowest BCUT2D eigenvalue weighted by atomic mass is 9.79. The third-order valence-corrected chi connectivity index (χ3v) is 5.66. The van der Waals surface area contributed by atoms with Gasteiger partial charge < -0.3 is 0 Å². The highest BCUT2D eigenvalue weighted by molar-refractivity contribution is 9.10. The number of rotatable bonds is 5. The van der Waals surface area contributed by atoms with E-state index in [2.05, 4.69) is 50.1 Å². The fraction of sp³-hybridized carbons (Fsp3) is 0.250. The Balaban J connectivity index is 2.39. The molecule has 0 bridgehead atoms. The first kappa shape index (κ1) is 16.4. The van der Waals surface area contributed by atoms with Gasteiger partial charge in [0.1, 0.15) is 0 Å². The molecular formula is C16H14Br2Cl2. The molecule has 0 atom stereocenters. The van der Waals surface area contributed by atoms with E-state index in [1.165, 1.54) is 5.56 Å². The molecule has 0 fully saturated rings. The van der Waals surface area contributed by atoms with Crippen LogP contribution in [-0.2, 0) is 11.8 Å². The lowest BCUT2D eigenvalue weighted by Crippen LogP contribution is -2.33. The van der Waals surface area contributed by atoms with E-state index in [0.717, 1.165) is 20.9 Å². The Labute approximate surface area is 146 Å². The molecule has 0 N–H and O–H groups in total. The minimum Gasteiger partial charge on any atom is -0.126 e. The van der Waals surface area contributed by atoms with Crippen molar-refractivity contribution in [3.63, 3.8) is 0 Å².